The normalized spacial score (nSPS) is 14.3. The quantitative estimate of drug-likeness (QED) is 0.890. The maximum atomic E-state index is 12.4. The van der Waals surface area contributed by atoms with E-state index in [9.17, 15) is 14.4 Å². The average molecular weight is 374 g/mol. The summed E-state index contributed by atoms with van der Waals surface area (Å²) in [5.41, 5.74) is 1.29. The number of aryl methyl sites for hydroxylation is 1. The number of piperazine rings is 1. The van der Waals surface area contributed by atoms with Crippen LogP contribution >= 0.6 is 11.6 Å². The molecular formula is C19H20ClN3O3. The van der Waals surface area contributed by atoms with Gasteiger partial charge in [-0.25, -0.2) is 0 Å². The third kappa shape index (κ3) is 4.52. The Morgan fingerprint density at radius 1 is 0.962 bits per heavy atom. The van der Waals surface area contributed by atoms with E-state index in [2.05, 4.69) is 4.98 Å². The van der Waals surface area contributed by atoms with Crippen LogP contribution in [0.5, 0.6) is 0 Å². The predicted octanol–water partition coefficient (Wildman–Crippen LogP) is 1.95. The van der Waals surface area contributed by atoms with Crippen LogP contribution in [-0.4, -0.2) is 52.8 Å². The Labute approximate surface area is 156 Å². The van der Waals surface area contributed by atoms with E-state index in [1.54, 1.807) is 9.80 Å². The minimum absolute atomic E-state index is 0.0936. The van der Waals surface area contributed by atoms with Crippen LogP contribution in [0.3, 0.4) is 0 Å². The summed E-state index contributed by atoms with van der Waals surface area (Å²) >= 11 is 5.86. The van der Waals surface area contributed by atoms with Gasteiger partial charge in [0.05, 0.1) is 5.56 Å². The molecule has 6 nitrogen and oxygen atoms in total. The fourth-order valence-electron chi connectivity index (χ4n) is 2.95. The summed E-state index contributed by atoms with van der Waals surface area (Å²) < 4.78 is 0. The smallest absolute Gasteiger partial charge is 0.255 e. The number of benzene rings is 1. The number of amides is 2. The molecule has 0 aliphatic carbocycles. The lowest BCUT2D eigenvalue weighted by Crippen LogP contribution is -2.50. The van der Waals surface area contributed by atoms with Crippen molar-refractivity contribution in [2.24, 2.45) is 0 Å². The summed E-state index contributed by atoms with van der Waals surface area (Å²) in [6.07, 6.45) is 2.54. The first kappa shape index (κ1) is 18.2. The first-order valence-electron chi connectivity index (χ1n) is 8.53. The Morgan fingerprint density at radius 2 is 1.62 bits per heavy atom. The standard InChI is InChI=1S/C19H20ClN3O3/c20-16-5-1-14(2-6-16)3-8-18(25)22-9-11-23(12-10-22)19(26)15-4-7-17(24)21-13-15/h1-2,4-7,13H,3,8-12H2,(H,21,24). The topological polar surface area (TPSA) is 73.5 Å². The number of H-pyrrole nitrogens is 1. The van der Waals surface area contributed by atoms with Crippen molar-refractivity contribution in [2.75, 3.05) is 26.2 Å². The molecule has 3 rings (SSSR count). The van der Waals surface area contributed by atoms with Gasteiger partial charge in [-0.1, -0.05) is 23.7 Å². The molecule has 136 valence electrons. The maximum Gasteiger partial charge on any atom is 0.255 e. The maximum absolute atomic E-state index is 12.4. The van der Waals surface area contributed by atoms with E-state index in [4.69, 9.17) is 11.6 Å². The van der Waals surface area contributed by atoms with Gasteiger partial charge in [0, 0.05) is 49.9 Å². The first-order chi connectivity index (χ1) is 12.5. The summed E-state index contributed by atoms with van der Waals surface area (Å²) in [6, 6.07) is 10.4. The van der Waals surface area contributed by atoms with Crippen LogP contribution in [0.2, 0.25) is 5.02 Å². The summed E-state index contributed by atoms with van der Waals surface area (Å²) in [4.78, 5) is 41.9. The summed E-state index contributed by atoms with van der Waals surface area (Å²) in [6.45, 7) is 2.03. The highest BCUT2D eigenvalue weighted by atomic mass is 35.5. The van der Waals surface area contributed by atoms with Crippen molar-refractivity contribution >= 4 is 23.4 Å². The van der Waals surface area contributed by atoms with Gasteiger partial charge in [0.2, 0.25) is 11.5 Å². The average Bonchev–Trinajstić information content (AvgIpc) is 2.67. The SMILES string of the molecule is O=C(CCc1ccc(Cl)cc1)N1CCN(C(=O)c2ccc(=O)[nH]c2)CC1. The van der Waals surface area contributed by atoms with Gasteiger partial charge in [-0.3, -0.25) is 14.4 Å². The van der Waals surface area contributed by atoms with Gasteiger partial charge in [-0.05, 0) is 30.2 Å². The predicted molar refractivity (Wildman–Crippen MR) is 99.3 cm³/mol. The zero-order chi connectivity index (χ0) is 18.5. The first-order valence-corrected chi connectivity index (χ1v) is 8.91. The highest BCUT2D eigenvalue weighted by Gasteiger charge is 2.24. The molecule has 0 bridgehead atoms. The molecule has 0 spiro atoms. The van der Waals surface area contributed by atoms with E-state index in [0.29, 0.717) is 49.6 Å². The molecule has 1 N–H and O–H groups in total. The monoisotopic (exact) mass is 373 g/mol. The van der Waals surface area contributed by atoms with Crippen molar-refractivity contribution in [3.8, 4) is 0 Å². The van der Waals surface area contributed by atoms with E-state index < -0.39 is 0 Å². The lowest BCUT2D eigenvalue weighted by molar-refractivity contribution is -0.132. The summed E-state index contributed by atoms with van der Waals surface area (Å²) in [5.74, 6) is -0.0365. The number of carbonyl (C=O) groups is 2. The van der Waals surface area contributed by atoms with Gasteiger partial charge in [-0.15, -0.1) is 0 Å². The number of hydrogen-bond acceptors (Lipinski definition) is 3. The van der Waals surface area contributed by atoms with Crippen LogP contribution in [0.1, 0.15) is 22.3 Å². The molecular weight excluding hydrogens is 354 g/mol. The van der Waals surface area contributed by atoms with Crippen LogP contribution in [-0.2, 0) is 11.2 Å². The molecule has 7 heteroatoms. The number of hydrogen-bond donors (Lipinski definition) is 1. The highest BCUT2D eigenvalue weighted by molar-refractivity contribution is 6.30. The Kier molecular flexibility index (Phi) is 5.73. The largest absolute Gasteiger partial charge is 0.339 e. The van der Waals surface area contributed by atoms with Crippen molar-refractivity contribution in [3.63, 3.8) is 0 Å². The summed E-state index contributed by atoms with van der Waals surface area (Å²) in [7, 11) is 0. The minimum Gasteiger partial charge on any atom is -0.339 e. The number of aromatic nitrogens is 1. The van der Waals surface area contributed by atoms with Crippen LogP contribution in [0.25, 0.3) is 0 Å². The minimum atomic E-state index is -0.238. The molecule has 2 heterocycles. The lowest BCUT2D eigenvalue weighted by atomic mass is 10.1. The third-order valence-corrected chi connectivity index (χ3v) is 4.74. The van der Waals surface area contributed by atoms with Crippen molar-refractivity contribution in [1.29, 1.82) is 0 Å². The molecule has 1 aliphatic rings. The van der Waals surface area contributed by atoms with Gasteiger partial charge in [0.25, 0.3) is 5.91 Å². The fraction of sp³-hybridized carbons (Fsp3) is 0.316. The highest BCUT2D eigenvalue weighted by Crippen LogP contribution is 2.13. The van der Waals surface area contributed by atoms with E-state index >= 15 is 0 Å². The van der Waals surface area contributed by atoms with Crippen molar-refractivity contribution in [1.82, 2.24) is 14.8 Å². The second-order valence-electron chi connectivity index (χ2n) is 6.24. The molecule has 2 amide bonds. The molecule has 1 saturated heterocycles. The molecule has 0 saturated carbocycles. The molecule has 0 atom stereocenters. The van der Waals surface area contributed by atoms with Crippen molar-refractivity contribution in [3.05, 3.63) is 69.1 Å². The molecule has 26 heavy (non-hydrogen) atoms. The van der Waals surface area contributed by atoms with Gasteiger partial charge in [0.1, 0.15) is 0 Å². The molecule has 0 radical (unpaired) electrons. The van der Waals surface area contributed by atoms with Crippen LogP contribution in [0.15, 0.2) is 47.4 Å². The molecule has 0 unspecified atom stereocenters. The lowest BCUT2D eigenvalue weighted by Gasteiger charge is -2.34. The number of rotatable bonds is 4. The Bertz CT molecular complexity index is 819. The molecule has 1 aromatic heterocycles. The Hall–Kier alpha value is -2.60. The number of nitrogens with one attached hydrogen (secondary N) is 1. The van der Waals surface area contributed by atoms with Crippen LogP contribution in [0, 0.1) is 0 Å². The third-order valence-electron chi connectivity index (χ3n) is 4.49. The second-order valence-corrected chi connectivity index (χ2v) is 6.68. The van der Waals surface area contributed by atoms with Crippen LogP contribution in [0.4, 0.5) is 0 Å². The Balaban J connectivity index is 1.48. The molecule has 1 aliphatic heterocycles. The van der Waals surface area contributed by atoms with E-state index in [0.717, 1.165) is 5.56 Å². The number of halogens is 1. The zero-order valence-corrected chi connectivity index (χ0v) is 15.0. The number of nitrogens with zero attached hydrogens (tertiary/aromatic N) is 2. The molecule has 1 fully saturated rings. The fourth-order valence-corrected chi connectivity index (χ4v) is 3.07. The van der Waals surface area contributed by atoms with Gasteiger partial charge in [0.15, 0.2) is 0 Å². The van der Waals surface area contributed by atoms with Crippen molar-refractivity contribution < 1.29 is 9.59 Å². The number of aromatic amines is 1. The zero-order valence-electron chi connectivity index (χ0n) is 14.3. The van der Waals surface area contributed by atoms with E-state index in [-0.39, 0.29) is 17.4 Å². The Morgan fingerprint density at radius 3 is 2.23 bits per heavy atom. The molecule has 1 aromatic carbocycles. The second kappa shape index (κ2) is 8.19. The number of carbonyl (C=O) groups excluding carboxylic acids is 2. The summed E-state index contributed by atoms with van der Waals surface area (Å²) in [5, 5.41) is 0.684. The van der Waals surface area contributed by atoms with Gasteiger partial charge >= 0.3 is 0 Å². The number of pyridine rings is 1. The van der Waals surface area contributed by atoms with Crippen molar-refractivity contribution in [2.45, 2.75) is 12.8 Å². The van der Waals surface area contributed by atoms with Gasteiger partial charge < -0.3 is 14.8 Å². The van der Waals surface area contributed by atoms with Crippen LogP contribution < -0.4 is 5.56 Å². The van der Waals surface area contributed by atoms with Gasteiger partial charge in [-0.2, -0.15) is 0 Å². The molecule has 2 aromatic rings. The van der Waals surface area contributed by atoms with E-state index in [1.807, 2.05) is 24.3 Å². The van der Waals surface area contributed by atoms with E-state index in [1.165, 1.54) is 18.3 Å².